The van der Waals surface area contributed by atoms with Crippen LogP contribution in [0.5, 0.6) is 0 Å². The molecule has 5 N–H and O–H groups in total. The van der Waals surface area contributed by atoms with Crippen LogP contribution in [0.2, 0.25) is 0 Å². The third-order valence-corrected chi connectivity index (χ3v) is 17.1. The fraction of sp³-hybridized carbons (Fsp3) is 0.824. The summed E-state index contributed by atoms with van der Waals surface area (Å²) in [6, 6.07) is 5.94. The summed E-state index contributed by atoms with van der Waals surface area (Å²) >= 11 is 0. The Hall–Kier alpha value is -2.87. The number of cyclic esters (lactones) is 1. The van der Waals surface area contributed by atoms with Gasteiger partial charge in [-0.2, -0.15) is 5.26 Å². The highest BCUT2D eigenvalue weighted by molar-refractivity contribution is 7.91. The van der Waals surface area contributed by atoms with Crippen molar-refractivity contribution < 1.29 is 66.5 Å². The number of hydrogen-bond donors (Lipinski definition) is 5. The molecule has 0 spiro atoms. The maximum atomic E-state index is 14.6. The van der Waals surface area contributed by atoms with E-state index in [9.17, 15) is 42.8 Å². The SMILES string of the molecule is CC[C@H]1OC(=O)[C@H](C)C([C@H]2C[C@@](C)(OC)[C@@H](O)[C@H](C)O2)[C@H](C)[C@@H](O[C@H]2C[C@@H](N(C)CCC(=O)N[C@H](CF)Cc3ccc(S(=O)(=O)CC#N)cc3)C[C@@H](C)O2)[C@](C)(O)C[C@@H](C)CN(C)[C@H](C)[C@@H](O)[C@]1(C)O. The Morgan fingerprint density at radius 3 is 2.27 bits per heavy atom. The molecule has 400 valence electrons. The molecule has 17 nitrogen and oxygen atoms in total. The average Bonchev–Trinajstić information content (AvgIpc) is 3.29. The van der Waals surface area contributed by atoms with E-state index in [1.165, 1.54) is 26.2 Å². The standard InChI is InChI=1S/C51H85FN4O13S/c1-14-41-51(10,62)45(58)34(6)56(12)29-30(2)26-49(8,61)47(32(4)44(33(5)48(60)68-41)40-27-50(9,65-13)46(59)35(7)67-40)69-43-25-38(23-31(3)66-43)55(11)21-19-42(57)54-37(28-52)24-36-15-17-39(18-16-36)70(63,64)22-20-53/h15-18,30-35,37-38,40-41,43-47,58-59,61-62H,14,19,21-29H2,1-13H3,(H,54,57)/t30-,31-,32+,33-,34-,35+,37+,38+,40-,41-,43+,44?,45-,46+,47-,49-,50-,51-/m1/s1. The monoisotopic (exact) mass is 1010 g/mol. The summed E-state index contributed by atoms with van der Waals surface area (Å²) < 4.78 is 70.9. The highest BCUT2D eigenvalue weighted by Gasteiger charge is 2.54. The number of carbonyl (C=O) groups excluding carboxylic acids is 2. The fourth-order valence-electron chi connectivity index (χ4n) is 11.4. The van der Waals surface area contributed by atoms with Crippen molar-refractivity contribution in [3.63, 3.8) is 0 Å². The topological polar surface area (TPSA) is 238 Å². The number of ether oxygens (including phenoxy) is 5. The Kier molecular flexibility index (Phi) is 21.2. The zero-order valence-electron chi connectivity index (χ0n) is 43.8. The quantitative estimate of drug-likeness (QED) is 0.156. The first-order valence-corrected chi connectivity index (χ1v) is 26.7. The summed E-state index contributed by atoms with van der Waals surface area (Å²) in [5.74, 6) is -4.06. The number of methoxy groups -OCH3 is 1. The summed E-state index contributed by atoms with van der Waals surface area (Å²) in [5.41, 5.74) is -3.80. The zero-order chi connectivity index (χ0) is 52.7. The van der Waals surface area contributed by atoms with E-state index in [1.54, 1.807) is 59.7 Å². The molecule has 1 unspecified atom stereocenters. The number of nitrogens with zero attached hydrogens (tertiary/aromatic N) is 3. The van der Waals surface area contributed by atoms with Gasteiger partial charge in [0, 0.05) is 57.5 Å². The Labute approximate surface area is 416 Å². The van der Waals surface area contributed by atoms with Gasteiger partial charge >= 0.3 is 5.97 Å². The van der Waals surface area contributed by atoms with Crippen LogP contribution in [0.1, 0.15) is 113 Å². The van der Waals surface area contributed by atoms with E-state index in [4.69, 9.17) is 28.9 Å². The first kappa shape index (κ1) is 59.7. The number of hydrogen-bond acceptors (Lipinski definition) is 16. The van der Waals surface area contributed by atoms with Gasteiger partial charge in [0.2, 0.25) is 5.91 Å². The van der Waals surface area contributed by atoms with Crippen molar-refractivity contribution >= 4 is 21.7 Å². The Bertz CT molecular complexity index is 2010. The molecule has 19 heteroatoms. The van der Waals surface area contributed by atoms with Crippen LogP contribution in [0.3, 0.4) is 0 Å². The predicted molar refractivity (Wildman–Crippen MR) is 261 cm³/mol. The number of sulfone groups is 1. The number of carbonyl (C=O) groups is 2. The van der Waals surface area contributed by atoms with Gasteiger partial charge in [-0.3, -0.25) is 9.59 Å². The first-order chi connectivity index (χ1) is 32.5. The number of likely N-dealkylation sites (N-methyl/N-ethyl adjacent to an activating group) is 1. The molecule has 0 aromatic heterocycles. The smallest absolute Gasteiger partial charge is 0.309 e. The number of benzene rings is 1. The van der Waals surface area contributed by atoms with E-state index in [2.05, 4.69) is 5.32 Å². The number of halogens is 1. The fourth-order valence-corrected chi connectivity index (χ4v) is 12.2. The average molecular weight is 1010 g/mol. The number of esters is 1. The van der Waals surface area contributed by atoms with Crippen molar-refractivity contribution in [2.24, 2.45) is 23.7 Å². The molecular formula is C51H85FN4O13S. The molecule has 4 rings (SSSR count). The van der Waals surface area contributed by atoms with E-state index in [0.717, 1.165) is 0 Å². The van der Waals surface area contributed by atoms with E-state index >= 15 is 0 Å². The lowest BCUT2D eigenvalue weighted by molar-refractivity contribution is -0.275. The van der Waals surface area contributed by atoms with Crippen LogP contribution in [-0.4, -0.2) is 181 Å². The van der Waals surface area contributed by atoms with E-state index < -0.39 is 118 Å². The van der Waals surface area contributed by atoms with Gasteiger partial charge in [0.05, 0.1) is 58.5 Å². The van der Waals surface area contributed by atoms with E-state index in [1.807, 2.05) is 44.7 Å². The highest BCUT2D eigenvalue weighted by Crippen LogP contribution is 2.45. The molecule has 3 fully saturated rings. The molecule has 70 heavy (non-hydrogen) atoms. The van der Waals surface area contributed by atoms with Crippen molar-refractivity contribution in [3.8, 4) is 6.07 Å². The van der Waals surface area contributed by atoms with Gasteiger partial charge in [-0.25, -0.2) is 12.8 Å². The maximum absolute atomic E-state index is 14.6. The van der Waals surface area contributed by atoms with Crippen LogP contribution in [0.4, 0.5) is 4.39 Å². The van der Waals surface area contributed by atoms with Crippen molar-refractivity contribution in [3.05, 3.63) is 29.8 Å². The number of aliphatic hydroxyl groups excluding tert-OH is 2. The number of nitrogens with one attached hydrogen (secondary N) is 1. The van der Waals surface area contributed by atoms with Gasteiger partial charge in [-0.1, -0.05) is 39.8 Å². The second kappa shape index (κ2) is 24.9. The van der Waals surface area contributed by atoms with Crippen LogP contribution in [0, 0.1) is 35.0 Å². The van der Waals surface area contributed by atoms with E-state index in [-0.39, 0.29) is 61.0 Å². The number of rotatable bonds is 15. The van der Waals surface area contributed by atoms with Crippen LogP contribution in [0.25, 0.3) is 0 Å². The lowest BCUT2D eigenvalue weighted by atomic mass is 9.68. The molecule has 3 aliphatic rings. The minimum absolute atomic E-state index is 0.00823. The summed E-state index contributed by atoms with van der Waals surface area (Å²) in [5, 5.41) is 59.3. The number of nitriles is 1. The molecule has 18 atom stereocenters. The molecular weight excluding hydrogens is 928 g/mol. The van der Waals surface area contributed by atoms with Crippen LogP contribution < -0.4 is 5.32 Å². The Morgan fingerprint density at radius 1 is 1.04 bits per heavy atom. The number of aliphatic hydroxyl groups is 4. The first-order valence-electron chi connectivity index (χ1n) is 25.0. The van der Waals surface area contributed by atoms with E-state index in [0.29, 0.717) is 31.5 Å². The largest absolute Gasteiger partial charge is 0.459 e. The third kappa shape index (κ3) is 14.7. The molecule has 1 aromatic rings. The Morgan fingerprint density at radius 2 is 1.69 bits per heavy atom. The third-order valence-electron chi connectivity index (χ3n) is 15.6. The lowest BCUT2D eigenvalue weighted by Crippen LogP contribution is -2.61. The summed E-state index contributed by atoms with van der Waals surface area (Å²) in [6.07, 6.45) is -5.06. The summed E-state index contributed by atoms with van der Waals surface area (Å²) in [7, 11) is 1.51. The van der Waals surface area contributed by atoms with Gasteiger partial charge in [0.1, 0.15) is 36.3 Å². The molecule has 3 heterocycles. The molecule has 0 aliphatic carbocycles. The second-order valence-electron chi connectivity index (χ2n) is 21.6. The van der Waals surface area contributed by atoms with Crippen molar-refractivity contribution in [2.45, 2.75) is 203 Å². The molecule has 1 aromatic carbocycles. The van der Waals surface area contributed by atoms with Gasteiger partial charge < -0.3 is 59.2 Å². The molecule has 3 saturated heterocycles. The van der Waals surface area contributed by atoms with Gasteiger partial charge in [0.15, 0.2) is 16.1 Å². The van der Waals surface area contributed by atoms with Crippen molar-refractivity contribution in [2.75, 3.05) is 46.7 Å². The summed E-state index contributed by atoms with van der Waals surface area (Å²) in [6.45, 7) is 17.8. The molecule has 1 amide bonds. The molecule has 0 saturated carbocycles. The molecule has 3 aliphatic heterocycles. The minimum Gasteiger partial charge on any atom is -0.459 e. The highest BCUT2D eigenvalue weighted by atomic mass is 32.2. The molecule has 0 bridgehead atoms. The maximum Gasteiger partial charge on any atom is 0.309 e. The molecule has 0 radical (unpaired) electrons. The van der Waals surface area contributed by atoms with Crippen LogP contribution in [0.15, 0.2) is 29.2 Å². The predicted octanol–water partition coefficient (Wildman–Crippen LogP) is 3.96. The zero-order valence-corrected chi connectivity index (χ0v) is 44.7. The van der Waals surface area contributed by atoms with Crippen LogP contribution >= 0.6 is 0 Å². The Balaban J connectivity index is 1.62. The number of alkyl halides is 1. The second-order valence-corrected chi connectivity index (χ2v) is 23.6. The normalized spacial score (nSPS) is 39.3. The lowest BCUT2D eigenvalue weighted by Gasteiger charge is -2.51. The van der Waals surface area contributed by atoms with Gasteiger partial charge in [-0.05, 0) is 111 Å². The van der Waals surface area contributed by atoms with Crippen molar-refractivity contribution in [1.29, 1.82) is 5.26 Å². The van der Waals surface area contributed by atoms with Crippen LogP contribution in [-0.2, 0) is 49.5 Å². The number of amides is 1. The van der Waals surface area contributed by atoms with Crippen molar-refractivity contribution in [1.82, 2.24) is 15.1 Å². The minimum atomic E-state index is -3.75. The summed E-state index contributed by atoms with van der Waals surface area (Å²) in [4.78, 5) is 31.8. The van der Waals surface area contributed by atoms with Gasteiger partial charge in [0.25, 0.3) is 0 Å². The van der Waals surface area contributed by atoms with Gasteiger partial charge in [-0.15, -0.1) is 0 Å².